The van der Waals surface area contributed by atoms with Crippen molar-refractivity contribution in [3.05, 3.63) is 53.3 Å². The molecule has 0 aromatic heterocycles. The number of rotatable bonds is 1. The molecule has 0 amide bonds. The van der Waals surface area contributed by atoms with E-state index in [9.17, 15) is 13.2 Å². The Kier molecular flexibility index (Phi) is 2.79. The van der Waals surface area contributed by atoms with Gasteiger partial charge < -0.3 is 5.73 Å². The molecule has 88 valence electrons. The van der Waals surface area contributed by atoms with Gasteiger partial charge >= 0.3 is 0 Å². The maximum absolute atomic E-state index is 13.7. The highest BCUT2D eigenvalue weighted by Gasteiger charge is 2.12. The highest BCUT2D eigenvalue weighted by molar-refractivity contribution is 5.69. The SMILES string of the molecule is Cc1ccc(F)cc1-c1cc(F)c(N)cc1F. The minimum absolute atomic E-state index is 0.00806. The van der Waals surface area contributed by atoms with Gasteiger partial charge in [0.1, 0.15) is 17.5 Å². The molecular formula is C13H10F3N. The van der Waals surface area contributed by atoms with Gasteiger partial charge in [0.2, 0.25) is 0 Å². The van der Waals surface area contributed by atoms with Crippen molar-refractivity contribution < 1.29 is 13.2 Å². The summed E-state index contributed by atoms with van der Waals surface area (Å²) in [6.07, 6.45) is 0. The zero-order chi connectivity index (χ0) is 12.6. The molecule has 2 aromatic rings. The molecule has 0 unspecified atom stereocenters. The Morgan fingerprint density at radius 1 is 0.882 bits per heavy atom. The van der Waals surface area contributed by atoms with E-state index in [0.29, 0.717) is 11.1 Å². The summed E-state index contributed by atoms with van der Waals surface area (Å²) in [7, 11) is 0. The summed E-state index contributed by atoms with van der Waals surface area (Å²) in [5.41, 5.74) is 5.97. The van der Waals surface area contributed by atoms with E-state index in [2.05, 4.69) is 0 Å². The lowest BCUT2D eigenvalue weighted by Gasteiger charge is -2.09. The van der Waals surface area contributed by atoms with E-state index >= 15 is 0 Å². The van der Waals surface area contributed by atoms with Crippen molar-refractivity contribution in [3.63, 3.8) is 0 Å². The minimum atomic E-state index is -0.718. The van der Waals surface area contributed by atoms with E-state index in [1.54, 1.807) is 6.92 Å². The van der Waals surface area contributed by atoms with Crippen molar-refractivity contribution >= 4 is 5.69 Å². The fourth-order valence-corrected chi connectivity index (χ4v) is 1.65. The van der Waals surface area contributed by atoms with Crippen LogP contribution in [0.4, 0.5) is 18.9 Å². The summed E-state index contributed by atoms with van der Waals surface area (Å²) in [5.74, 6) is -1.88. The van der Waals surface area contributed by atoms with Gasteiger partial charge in [0.05, 0.1) is 5.69 Å². The van der Waals surface area contributed by atoms with Crippen molar-refractivity contribution in [2.24, 2.45) is 0 Å². The maximum atomic E-state index is 13.7. The average Bonchev–Trinajstić information content (AvgIpc) is 2.27. The van der Waals surface area contributed by atoms with Gasteiger partial charge in [0.25, 0.3) is 0 Å². The molecule has 4 heteroatoms. The minimum Gasteiger partial charge on any atom is -0.396 e. The molecule has 0 spiro atoms. The van der Waals surface area contributed by atoms with Gasteiger partial charge in [-0.2, -0.15) is 0 Å². The number of anilines is 1. The molecule has 0 bridgehead atoms. The molecule has 0 aliphatic rings. The maximum Gasteiger partial charge on any atom is 0.146 e. The van der Waals surface area contributed by atoms with Crippen molar-refractivity contribution in [3.8, 4) is 11.1 Å². The number of hydrogen-bond acceptors (Lipinski definition) is 1. The molecule has 2 rings (SSSR count). The number of nitrogens with two attached hydrogens (primary N) is 1. The summed E-state index contributed by atoms with van der Waals surface area (Å²) < 4.78 is 40.1. The molecule has 0 saturated heterocycles. The van der Waals surface area contributed by atoms with E-state index in [4.69, 9.17) is 5.73 Å². The van der Waals surface area contributed by atoms with Crippen LogP contribution >= 0.6 is 0 Å². The van der Waals surface area contributed by atoms with Crippen LogP contribution in [0.25, 0.3) is 11.1 Å². The lowest BCUT2D eigenvalue weighted by Crippen LogP contribution is -1.96. The Morgan fingerprint density at radius 3 is 2.29 bits per heavy atom. The van der Waals surface area contributed by atoms with Gasteiger partial charge in [-0.05, 0) is 36.2 Å². The average molecular weight is 237 g/mol. The molecule has 2 N–H and O–H groups in total. The van der Waals surface area contributed by atoms with E-state index in [-0.39, 0.29) is 11.3 Å². The van der Waals surface area contributed by atoms with Gasteiger partial charge in [0, 0.05) is 11.6 Å². The van der Waals surface area contributed by atoms with Gasteiger partial charge in [-0.15, -0.1) is 0 Å². The molecule has 1 nitrogen and oxygen atoms in total. The lowest BCUT2D eigenvalue weighted by atomic mass is 9.99. The Labute approximate surface area is 96.7 Å². The van der Waals surface area contributed by atoms with Gasteiger partial charge in [0.15, 0.2) is 0 Å². The largest absolute Gasteiger partial charge is 0.396 e. The predicted molar refractivity (Wildman–Crippen MR) is 60.9 cm³/mol. The monoisotopic (exact) mass is 237 g/mol. The molecule has 0 atom stereocenters. The van der Waals surface area contributed by atoms with Crippen LogP contribution in [0.1, 0.15) is 5.56 Å². The predicted octanol–water partition coefficient (Wildman–Crippen LogP) is 3.66. The van der Waals surface area contributed by atoms with Crippen molar-refractivity contribution in [1.82, 2.24) is 0 Å². The second-order valence-corrected chi connectivity index (χ2v) is 3.81. The smallest absolute Gasteiger partial charge is 0.146 e. The number of nitrogen functional groups attached to an aromatic ring is 1. The summed E-state index contributed by atoms with van der Waals surface area (Å²) >= 11 is 0. The van der Waals surface area contributed by atoms with Crippen LogP contribution in [-0.2, 0) is 0 Å². The normalized spacial score (nSPS) is 10.6. The van der Waals surface area contributed by atoms with Crippen molar-refractivity contribution in [2.75, 3.05) is 5.73 Å². The Hall–Kier alpha value is -1.97. The van der Waals surface area contributed by atoms with Crippen LogP contribution in [0.2, 0.25) is 0 Å². The topological polar surface area (TPSA) is 26.0 Å². The second kappa shape index (κ2) is 4.13. The molecule has 2 aromatic carbocycles. The number of halogens is 3. The van der Waals surface area contributed by atoms with Crippen molar-refractivity contribution in [2.45, 2.75) is 6.92 Å². The molecule has 0 heterocycles. The fraction of sp³-hybridized carbons (Fsp3) is 0.0769. The number of hydrogen-bond donors (Lipinski definition) is 1. The third-order valence-corrected chi connectivity index (χ3v) is 2.58. The van der Waals surface area contributed by atoms with Crippen LogP contribution < -0.4 is 5.73 Å². The van der Waals surface area contributed by atoms with E-state index in [1.165, 1.54) is 18.2 Å². The van der Waals surface area contributed by atoms with Gasteiger partial charge in [-0.1, -0.05) is 6.07 Å². The summed E-state index contributed by atoms with van der Waals surface area (Å²) in [6, 6.07) is 5.83. The first-order chi connectivity index (χ1) is 7.99. The molecule has 0 saturated carbocycles. The molecular weight excluding hydrogens is 227 g/mol. The Morgan fingerprint density at radius 2 is 1.59 bits per heavy atom. The van der Waals surface area contributed by atoms with Crippen LogP contribution in [0.5, 0.6) is 0 Å². The first kappa shape index (κ1) is 11.5. The molecule has 17 heavy (non-hydrogen) atoms. The highest BCUT2D eigenvalue weighted by Crippen LogP contribution is 2.29. The molecule has 0 fully saturated rings. The standard InChI is InChI=1S/C13H10F3N/c1-7-2-3-8(14)4-9(7)10-5-12(16)13(17)6-11(10)15/h2-6H,17H2,1H3. The van der Waals surface area contributed by atoms with Gasteiger partial charge in [-0.25, -0.2) is 13.2 Å². The fourth-order valence-electron chi connectivity index (χ4n) is 1.65. The number of aryl methyl sites for hydroxylation is 1. The zero-order valence-electron chi connectivity index (χ0n) is 9.10. The number of benzene rings is 2. The van der Waals surface area contributed by atoms with Crippen LogP contribution in [0.3, 0.4) is 0 Å². The molecule has 0 radical (unpaired) electrons. The molecule has 0 aliphatic carbocycles. The summed E-state index contributed by atoms with van der Waals surface area (Å²) in [5, 5.41) is 0. The quantitative estimate of drug-likeness (QED) is 0.752. The van der Waals surface area contributed by atoms with E-state index < -0.39 is 17.5 Å². The van der Waals surface area contributed by atoms with Crippen LogP contribution in [0.15, 0.2) is 30.3 Å². The Balaban J connectivity index is 2.68. The second-order valence-electron chi connectivity index (χ2n) is 3.81. The first-order valence-corrected chi connectivity index (χ1v) is 5.00. The van der Waals surface area contributed by atoms with Crippen LogP contribution in [0, 0.1) is 24.4 Å². The first-order valence-electron chi connectivity index (χ1n) is 5.00. The van der Waals surface area contributed by atoms with Crippen LogP contribution in [-0.4, -0.2) is 0 Å². The summed E-state index contributed by atoms with van der Waals surface area (Å²) in [4.78, 5) is 0. The third-order valence-electron chi connectivity index (χ3n) is 2.58. The zero-order valence-corrected chi connectivity index (χ0v) is 9.10. The summed E-state index contributed by atoms with van der Waals surface area (Å²) in [6.45, 7) is 1.70. The van der Waals surface area contributed by atoms with E-state index in [0.717, 1.165) is 12.1 Å². The van der Waals surface area contributed by atoms with Gasteiger partial charge in [-0.3, -0.25) is 0 Å². The third kappa shape index (κ3) is 2.11. The van der Waals surface area contributed by atoms with E-state index in [1.807, 2.05) is 0 Å². The van der Waals surface area contributed by atoms with Crippen molar-refractivity contribution in [1.29, 1.82) is 0 Å². The molecule has 0 aliphatic heterocycles. The Bertz CT molecular complexity index is 579. The lowest BCUT2D eigenvalue weighted by molar-refractivity contribution is 0.606. The highest BCUT2D eigenvalue weighted by atomic mass is 19.1.